The first-order chi connectivity index (χ1) is 16.8. The Kier molecular flexibility index (Phi) is 6.45. The van der Waals surface area contributed by atoms with E-state index in [1.165, 1.54) is 6.20 Å². The third kappa shape index (κ3) is 4.62. The smallest absolute Gasteiger partial charge is 0.225 e. The molecule has 12 heteroatoms. The lowest BCUT2D eigenvalue weighted by molar-refractivity contribution is -0.122. The molecule has 1 amide bonds. The van der Waals surface area contributed by atoms with Gasteiger partial charge >= 0.3 is 0 Å². The molecule has 2 aromatic heterocycles. The third-order valence-corrected chi connectivity index (χ3v) is 7.26. The van der Waals surface area contributed by atoms with Gasteiger partial charge in [0.15, 0.2) is 11.5 Å². The first-order valence-corrected chi connectivity index (χ1v) is 12.1. The van der Waals surface area contributed by atoms with E-state index >= 15 is 0 Å². The Balaban J connectivity index is 1.54. The lowest BCUT2D eigenvalue weighted by Gasteiger charge is -2.29. The molecule has 35 heavy (non-hydrogen) atoms. The van der Waals surface area contributed by atoms with Crippen LogP contribution in [0.15, 0.2) is 18.3 Å². The first-order valence-electron chi connectivity index (χ1n) is 11.7. The second-order valence-electron chi connectivity index (χ2n) is 9.21. The van der Waals surface area contributed by atoms with Crippen molar-refractivity contribution in [1.29, 1.82) is 0 Å². The van der Waals surface area contributed by atoms with Crippen molar-refractivity contribution in [2.45, 2.75) is 63.1 Å². The van der Waals surface area contributed by atoms with Gasteiger partial charge in [0.05, 0.1) is 23.4 Å². The highest BCUT2D eigenvalue weighted by atomic mass is 35.5. The number of imidazole rings is 1. The Bertz CT molecular complexity index is 1260. The molecule has 2 aliphatic carbocycles. The zero-order valence-electron chi connectivity index (χ0n) is 18.8. The van der Waals surface area contributed by atoms with Gasteiger partial charge in [0.2, 0.25) is 17.8 Å². The second kappa shape index (κ2) is 9.54. The number of amides is 1. The Labute approximate surface area is 205 Å². The SMILES string of the molecule is NC(=O)[C@H]1CC[C@@H](n2c(Nc3c(F)ccc(Cl)c3F)nc3cnc(N[C@H]4CCC[C@@H]4O)nc32)CC1. The summed E-state index contributed by atoms with van der Waals surface area (Å²) in [5, 5.41) is 15.9. The van der Waals surface area contributed by atoms with E-state index in [1.807, 2.05) is 0 Å². The predicted molar refractivity (Wildman–Crippen MR) is 127 cm³/mol. The van der Waals surface area contributed by atoms with Crippen LogP contribution < -0.4 is 16.4 Å². The first kappa shape index (κ1) is 23.7. The number of aliphatic hydroxyl groups is 1. The molecule has 2 fully saturated rings. The normalized spacial score (nSPS) is 24.6. The molecular weight excluding hydrogens is 480 g/mol. The molecule has 0 saturated heterocycles. The van der Waals surface area contributed by atoms with Crippen LogP contribution in [0.4, 0.5) is 26.4 Å². The van der Waals surface area contributed by atoms with Crippen molar-refractivity contribution in [3.63, 3.8) is 0 Å². The molecule has 5 N–H and O–H groups in total. The van der Waals surface area contributed by atoms with Gasteiger partial charge in [0.25, 0.3) is 0 Å². The highest BCUT2D eigenvalue weighted by Gasteiger charge is 2.30. The maximum atomic E-state index is 14.7. The predicted octanol–water partition coefficient (Wildman–Crippen LogP) is 4.04. The van der Waals surface area contributed by atoms with E-state index in [0.717, 1.165) is 25.0 Å². The van der Waals surface area contributed by atoms with Crippen LogP contribution in [0.25, 0.3) is 11.2 Å². The number of nitrogens with one attached hydrogen (secondary N) is 2. The Hall–Kier alpha value is -3.05. The van der Waals surface area contributed by atoms with Crippen LogP contribution in [0, 0.1) is 17.6 Å². The molecule has 0 spiro atoms. The second-order valence-corrected chi connectivity index (χ2v) is 9.62. The number of aliphatic hydroxyl groups excluding tert-OH is 1. The summed E-state index contributed by atoms with van der Waals surface area (Å²) < 4.78 is 31.0. The number of anilines is 3. The van der Waals surface area contributed by atoms with Crippen LogP contribution in [0.3, 0.4) is 0 Å². The summed E-state index contributed by atoms with van der Waals surface area (Å²) in [7, 11) is 0. The van der Waals surface area contributed by atoms with Crippen molar-refractivity contribution >= 4 is 46.3 Å². The van der Waals surface area contributed by atoms with Crippen LogP contribution in [0.5, 0.6) is 0 Å². The van der Waals surface area contributed by atoms with Gasteiger partial charge in [-0.25, -0.2) is 18.7 Å². The van der Waals surface area contributed by atoms with E-state index in [9.17, 15) is 18.7 Å². The minimum atomic E-state index is -0.925. The van der Waals surface area contributed by atoms with Gasteiger partial charge in [-0.15, -0.1) is 0 Å². The molecule has 2 saturated carbocycles. The van der Waals surface area contributed by atoms with E-state index in [1.54, 1.807) is 4.57 Å². The van der Waals surface area contributed by atoms with Crippen molar-refractivity contribution in [1.82, 2.24) is 19.5 Å². The molecule has 0 bridgehead atoms. The molecule has 5 rings (SSSR count). The monoisotopic (exact) mass is 505 g/mol. The minimum Gasteiger partial charge on any atom is -0.391 e. The van der Waals surface area contributed by atoms with E-state index in [-0.39, 0.29) is 34.9 Å². The van der Waals surface area contributed by atoms with Crippen molar-refractivity contribution in [3.8, 4) is 0 Å². The van der Waals surface area contributed by atoms with Gasteiger partial charge in [-0.05, 0) is 57.1 Å². The van der Waals surface area contributed by atoms with Gasteiger partial charge in [0, 0.05) is 12.0 Å². The highest BCUT2D eigenvalue weighted by molar-refractivity contribution is 6.31. The van der Waals surface area contributed by atoms with Gasteiger partial charge in [-0.3, -0.25) is 9.36 Å². The third-order valence-electron chi connectivity index (χ3n) is 6.97. The van der Waals surface area contributed by atoms with Gasteiger partial charge < -0.3 is 21.5 Å². The number of nitrogens with zero attached hydrogens (tertiary/aromatic N) is 4. The zero-order chi connectivity index (χ0) is 24.7. The maximum Gasteiger partial charge on any atom is 0.225 e. The van der Waals surface area contributed by atoms with Crippen LogP contribution in [-0.4, -0.2) is 42.7 Å². The van der Waals surface area contributed by atoms with E-state index in [4.69, 9.17) is 17.3 Å². The fourth-order valence-corrected chi connectivity index (χ4v) is 5.20. The average Bonchev–Trinajstić information content (AvgIpc) is 3.41. The summed E-state index contributed by atoms with van der Waals surface area (Å²) in [6, 6.07) is 1.94. The molecule has 1 aromatic carbocycles. The number of hydrogen-bond acceptors (Lipinski definition) is 7. The average molecular weight is 506 g/mol. The number of nitrogens with two attached hydrogens (primary N) is 1. The molecule has 9 nitrogen and oxygen atoms in total. The van der Waals surface area contributed by atoms with Gasteiger partial charge in [-0.1, -0.05) is 11.6 Å². The highest BCUT2D eigenvalue weighted by Crippen LogP contribution is 2.38. The Morgan fingerprint density at radius 2 is 1.91 bits per heavy atom. The lowest BCUT2D eigenvalue weighted by atomic mass is 9.85. The lowest BCUT2D eigenvalue weighted by Crippen LogP contribution is -2.29. The Morgan fingerprint density at radius 3 is 2.60 bits per heavy atom. The minimum absolute atomic E-state index is 0.136. The van der Waals surface area contributed by atoms with Gasteiger partial charge in [0.1, 0.15) is 17.0 Å². The van der Waals surface area contributed by atoms with Crippen molar-refractivity contribution < 1.29 is 18.7 Å². The van der Waals surface area contributed by atoms with Crippen LogP contribution in [-0.2, 0) is 4.79 Å². The number of fused-ring (bicyclic) bond motifs is 1. The summed E-state index contributed by atoms with van der Waals surface area (Å²) in [5.41, 5.74) is 5.99. The fourth-order valence-electron chi connectivity index (χ4n) is 5.04. The standard InChI is InChI=1S/C23H26ClF2N7O2/c24-13-8-9-14(25)19(18(13)26)31-23-30-16-10-28-22(29-15-2-1-3-17(15)34)32-21(16)33(23)12-6-4-11(5-7-12)20(27)35/h8-12,15,17,34H,1-7H2,(H2,27,35)(H,30,31)(H,28,29,32)/t11-,12+,15-,17-/m0/s1. The van der Waals surface area contributed by atoms with Crippen molar-refractivity contribution in [2.24, 2.45) is 11.7 Å². The number of carbonyl (C=O) groups excluding carboxylic acids is 1. The molecule has 0 radical (unpaired) electrons. The topological polar surface area (TPSA) is 131 Å². The number of benzene rings is 1. The van der Waals surface area contributed by atoms with Crippen molar-refractivity contribution in [2.75, 3.05) is 10.6 Å². The molecule has 186 valence electrons. The summed E-state index contributed by atoms with van der Waals surface area (Å²) in [5.74, 6) is -1.75. The molecule has 2 atom stereocenters. The molecule has 2 aliphatic rings. The number of aromatic nitrogens is 4. The number of carbonyl (C=O) groups is 1. The van der Waals surface area contributed by atoms with Crippen LogP contribution >= 0.6 is 11.6 Å². The van der Waals surface area contributed by atoms with Crippen LogP contribution in [0.2, 0.25) is 5.02 Å². The van der Waals surface area contributed by atoms with Crippen LogP contribution in [0.1, 0.15) is 51.0 Å². The largest absolute Gasteiger partial charge is 0.391 e. The summed E-state index contributed by atoms with van der Waals surface area (Å²) in [6.45, 7) is 0. The van der Waals surface area contributed by atoms with Crippen molar-refractivity contribution in [3.05, 3.63) is 35.0 Å². The quantitative estimate of drug-likeness (QED) is 0.372. The summed E-state index contributed by atoms with van der Waals surface area (Å²) >= 11 is 5.87. The summed E-state index contributed by atoms with van der Waals surface area (Å²) in [6.07, 6.45) is 5.89. The van der Waals surface area contributed by atoms with E-state index in [0.29, 0.717) is 49.2 Å². The van der Waals surface area contributed by atoms with E-state index < -0.39 is 23.4 Å². The van der Waals surface area contributed by atoms with E-state index in [2.05, 4.69) is 25.6 Å². The zero-order valence-corrected chi connectivity index (χ0v) is 19.6. The number of primary amides is 1. The Morgan fingerprint density at radius 1 is 1.14 bits per heavy atom. The molecule has 0 aliphatic heterocycles. The molecule has 2 heterocycles. The number of halogens is 3. The fraction of sp³-hybridized carbons (Fsp3) is 0.478. The number of rotatable bonds is 6. The van der Waals surface area contributed by atoms with Gasteiger partial charge in [-0.2, -0.15) is 4.98 Å². The summed E-state index contributed by atoms with van der Waals surface area (Å²) in [4.78, 5) is 25.2. The molecule has 0 unspecified atom stereocenters. The molecular formula is C23H26ClF2N7O2. The molecule has 3 aromatic rings. The number of hydrogen-bond donors (Lipinski definition) is 4. The maximum absolute atomic E-state index is 14.7.